The Morgan fingerprint density at radius 2 is 2.10 bits per heavy atom. The molecule has 2 aliphatic heterocycles. The van der Waals surface area contributed by atoms with Crippen LogP contribution < -0.4 is 4.90 Å². The summed E-state index contributed by atoms with van der Waals surface area (Å²) in [5, 5.41) is 0. The van der Waals surface area contributed by atoms with Crippen LogP contribution in [0.5, 0.6) is 0 Å². The predicted octanol–water partition coefficient (Wildman–Crippen LogP) is 0.392. The zero-order chi connectivity index (χ0) is 14.8. The highest BCUT2D eigenvalue weighted by atomic mass is 16.2. The second kappa shape index (κ2) is 5.97. The number of amides is 1. The highest BCUT2D eigenvalue weighted by Gasteiger charge is 2.37. The second-order valence-corrected chi connectivity index (χ2v) is 5.88. The zero-order valence-corrected chi connectivity index (χ0v) is 12.8. The molecule has 114 valence electrons. The molecule has 1 aromatic rings. The number of aryl methyl sites for hydroxylation is 1. The number of aromatic nitrogens is 2. The van der Waals surface area contributed by atoms with E-state index in [0.717, 1.165) is 51.4 Å². The molecule has 3 heterocycles. The predicted molar refractivity (Wildman–Crippen MR) is 81.2 cm³/mol. The molecule has 2 fully saturated rings. The van der Waals surface area contributed by atoms with Crippen molar-refractivity contribution in [1.29, 1.82) is 0 Å². The molecular weight excluding hydrogens is 266 g/mol. The molecule has 0 bridgehead atoms. The molecule has 0 radical (unpaired) electrons. The Morgan fingerprint density at radius 1 is 1.29 bits per heavy atom. The normalized spacial score (nSPS) is 23.3. The Hall–Kier alpha value is -1.69. The average molecular weight is 289 g/mol. The van der Waals surface area contributed by atoms with Crippen molar-refractivity contribution in [2.45, 2.75) is 25.8 Å². The molecule has 2 aliphatic rings. The molecule has 0 saturated carbocycles. The van der Waals surface area contributed by atoms with Crippen LogP contribution in [0.4, 0.5) is 5.82 Å². The Labute approximate surface area is 125 Å². The first-order chi connectivity index (χ1) is 10.2. The lowest BCUT2D eigenvalue weighted by atomic mass is 10.1. The lowest BCUT2D eigenvalue weighted by molar-refractivity contribution is -0.140. The van der Waals surface area contributed by atoms with Crippen LogP contribution in [-0.4, -0.2) is 71.5 Å². The van der Waals surface area contributed by atoms with E-state index in [2.05, 4.69) is 26.7 Å². The van der Waals surface area contributed by atoms with Gasteiger partial charge >= 0.3 is 0 Å². The Morgan fingerprint density at radius 3 is 2.90 bits per heavy atom. The maximum Gasteiger partial charge on any atom is 0.241 e. The van der Waals surface area contributed by atoms with Crippen molar-refractivity contribution in [3.8, 4) is 0 Å². The molecule has 0 aliphatic carbocycles. The minimum absolute atomic E-state index is 0.0260. The fraction of sp³-hybridized carbons (Fsp3) is 0.667. The molecule has 2 saturated heterocycles. The van der Waals surface area contributed by atoms with Gasteiger partial charge in [-0.25, -0.2) is 9.97 Å². The van der Waals surface area contributed by atoms with E-state index >= 15 is 0 Å². The molecule has 1 aromatic heterocycles. The lowest BCUT2D eigenvalue weighted by Gasteiger charge is -2.46. The summed E-state index contributed by atoms with van der Waals surface area (Å²) in [4.78, 5) is 27.4. The van der Waals surface area contributed by atoms with Crippen molar-refractivity contribution in [3.05, 3.63) is 18.1 Å². The molecule has 1 unspecified atom stereocenters. The number of carbonyl (C=O) groups excluding carboxylic acids is 1. The van der Waals surface area contributed by atoms with E-state index in [1.807, 2.05) is 18.1 Å². The summed E-state index contributed by atoms with van der Waals surface area (Å²) in [6.07, 6.45) is 5.57. The number of fused-ring (bicyclic) bond motifs is 1. The number of nitrogens with zero attached hydrogens (tertiary/aromatic N) is 5. The lowest BCUT2D eigenvalue weighted by Crippen LogP contribution is -2.64. The molecular formula is C15H23N5O. The molecule has 6 nitrogen and oxygen atoms in total. The zero-order valence-electron chi connectivity index (χ0n) is 12.8. The van der Waals surface area contributed by atoms with Gasteiger partial charge in [-0.2, -0.15) is 0 Å². The summed E-state index contributed by atoms with van der Waals surface area (Å²) in [5.74, 6) is 1.24. The summed E-state index contributed by atoms with van der Waals surface area (Å²) in [5.41, 5.74) is 1.19. The van der Waals surface area contributed by atoms with Crippen LogP contribution >= 0.6 is 0 Å². The fourth-order valence-corrected chi connectivity index (χ4v) is 3.24. The average Bonchev–Trinajstić information content (AvgIpc) is 2.52. The van der Waals surface area contributed by atoms with Crippen LogP contribution in [0.2, 0.25) is 0 Å². The second-order valence-electron chi connectivity index (χ2n) is 5.88. The smallest absolute Gasteiger partial charge is 0.241 e. The topological polar surface area (TPSA) is 52.6 Å². The number of carbonyl (C=O) groups is 1. The Balaban J connectivity index is 1.80. The molecule has 0 spiro atoms. The Kier molecular flexibility index (Phi) is 4.05. The molecule has 0 aromatic carbocycles. The number of likely N-dealkylation sites (N-methyl/N-ethyl adjacent to an activating group) is 1. The third kappa shape index (κ3) is 2.72. The number of hydrogen-bond donors (Lipinski definition) is 0. The molecule has 1 amide bonds. The van der Waals surface area contributed by atoms with E-state index in [9.17, 15) is 4.79 Å². The van der Waals surface area contributed by atoms with Gasteiger partial charge in [-0.3, -0.25) is 9.69 Å². The quantitative estimate of drug-likeness (QED) is 0.806. The van der Waals surface area contributed by atoms with Gasteiger partial charge in [0, 0.05) is 51.5 Å². The fourth-order valence-electron chi connectivity index (χ4n) is 3.24. The van der Waals surface area contributed by atoms with Crippen molar-refractivity contribution in [2.75, 3.05) is 44.7 Å². The molecule has 0 N–H and O–H groups in total. The number of piperazine rings is 2. The summed E-state index contributed by atoms with van der Waals surface area (Å²) in [6.45, 7) is 6.57. The summed E-state index contributed by atoms with van der Waals surface area (Å²) in [6, 6.07) is -0.0260. The molecule has 21 heavy (non-hydrogen) atoms. The van der Waals surface area contributed by atoms with Gasteiger partial charge in [0.15, 0.2) is 0 Å². The van der Waals surface area contributed by atoms with Crippen LogP contribution in [0.1, 0.15) is 18.9 Å². The van der Waals surface area contributed by atoms with Gasteiger partial charge in [0.1, 0.15) is 18.2 Å². The van der Waals surface area contributed by atoms with Crippen molar-refractivity contribution >= 4 is 11.7 Å². The maximum atomic E-state index is 12.4. The van der Waals surface area contributed by atoms with Crippen LogP contribution in [0.3, 0.4) is 0 Å². The van der Waals surface area contributed by atoms with Crippen LogP contribution in [-0.2, 0) is 11.2 Å². The van der Waals surface area contributed by atoms with Crippen molar-refractivity contribution in [2.24, 2.45) is 0 Å². The third-order valence-corrected chi connectivity index (χ3v) is 4.46. The van der Waals surface area contributed by atoms with Gasteiger partial charge in [0.25, 0.3) is 0 Å². The van der Waals surface area contributed by atoms with E-state index in [-0.39, 0.29) is 11.9 Å². The number of rotatable bonds is 3. The molecule has 1 atom stereocenters. The van der Waals surface area contributed by atoms with Crippen molar-refractivity contribution < 1.29 is 4.79 Å². The Bertz CT molecular complexity index is 521. The summed E-state index contributed by atoms with van der Waals surface area (Å²) in [7, 11) is 1.89. The minimum Gasteiger partial charge on any atom is -0.353 e. The maximum absolute atomic E-state index is 12.4. The third-order valence-electron chi connectivity index (χ3n) is 4.46. The van der Waals surface area contributed by atoms with E-state index in [1.165, 1.54) is 5.56 Å². The number of anilines is 1. The molecule has 3 rings (SSSR count). The summed E-state index contributed by atoms with van der Waals surface area (Å²) >= 11 is 0. The van der Waals surface area contributed by atoms with E-state index in [0.29, 0.717) is 0 Å². The van der Waals surface area contributed by atoms with Gasteiger partial charge in [-0.15, -0.1) is 0 Å². The minimum atomic E-state index is -0.0260. The van der Waals surface area contributed by atoms with Gasteiger partial charge in [0.2, 0.25) is 5.91 Å². The van der Waals surface area contributed by atoms with Crippen LogP contribution in [0.25, 0.3) is 0 Å². The standard InChI is InChI=1S/C15H23N5O/c1-3-4-12-9-16-11-17-14(12)20-8-7-19-6-5-18(2)15(21)13(19)10-20/h9,11,13H,3-8,10H2,1-2H3. The van der Waals surface area contributed by atoms with E-state index < -0.39 is 0 Å². The van der Waals surface area contributed by atoms with Gasteiger partial charge in [0.05, 0.1) is 0 Å². The van der Waals surface area contributed by atoms with E-state index in [1.54, 1.807) is 6.33 Å². The number of hydrogen-bond acceptors (Lipinski definition) is 5. The van der Waals surface area contributed by atoms with Gasteiger partial charge in [-0.05, 0) is 6.42 Å². The first kappa shape index (κ1) is 14.3. The van der Waals surface area contributed by atoms with Crippen LogP contribution in [0, 0.1) is 0 Å². The SMILES string of the molecule is CCCc1cncnc1N1CCN2CCN(C)C(=O)C2C1. The monoisotopic (exact) mass is 289 g/mol. The first-order valence-corrected chi connectivity index (χ1v) is 7.73. The first-order valence-electron chi connectivity index (χ1n) is 7.73. The van der Waals surface area contributed by atoms with Gasteiger partial charge < -0.3 is 9.80 Å². The largest absolute Gasteiger partial charge is 0.353 e. The highest BCUT2D eigenvalue weighted by Crippen LogP contribution is 2.23. The van der Waals surface area contributed by atoms with E-state index in [4.69, 9.17) is 0 Å². The van der Waals surface area contributed by atoms with Gasteiger partial charge in [-0.1, -0.05) is 13.3 Å². The van der Waals surface area contributed by atoms with Crippen LogP contribution in [0.15, 0.2) is 12.5 Å². The highest BCUT2D eigenvalue weighted by molar-refractivity contribution is 5.83. The molecule has 6 heteroatoms. The summed E-state index contributed by atoms with van der Waals surface area (Å²) < 4.78 is 0. The van der Waals surface area contributed by atoms with Crippen molar-refractivity contribution in [1.82, 2.24) is 19.8 Å². The van der Waals surface area contributed by atoms with Crippen molar-refractivity contribution in [3.63, 3.8) is 0 Å².